The van der Waals surface area contributed by atoms with Crippen LogP contribution < -0.4 is 11.1 Å². The first-order valence-electron chi connectivity index (χ1n) is 6.53. The topological polar surface area (TPSA) is 68.0 Å². The summed E-state index contributed by atoms with van der Waals surface area (Å²) in [7, 11) is 0. The molecule has 1 amide bonds. The van der Waals surface area contributed by atoms with Crippen LogP contribution in [-0.2, 0) is 12.8 Å². The minimum absolute atomic E-state index is 0.0768. The van der Waals surface area contributed by atoms with Gasteiger partial charge in [-0.05, 0) is 37.5 Å². The highest BCUT2D eigenvalue weighted by Gasteiger charge is 2.21. The smallest absolute Gasteiger partial charge is 0.257 e. The Balaban J connectivity index is 1.77. The number of rotatable bonds is 2. The standard InChI is InChI=1S/C14H13ClFN3OS/c15-9-5-7(1-3-10(9)16)13(20)19-14-18-11-4-2-8(17)6-12(11)21-14/h1,3,5,8H,2,4,6,17H2,(H,18,19,20)/t8-/m0/s1. The van der Waals surface area contributed by atoms with Gasteiger partial charge in [0.1, 0.15) is 5.82 Å². The number of aryl methyl sites for hydroxylation is 1. The maximum absolute atomic E-state index is 13.1. The summed E-state index contributed by atoms with van der Waals surface area (Å²) in [6.07, 6.45) is 2.55. The second kappa shape index (κ2) is 5.71. The number of hydrogen-bond donors (Lipinski definition) is 2. The van der Waals surface area contributed by atoms with Crippen LogP contribution in [-0.4, -0.2) is 16.9 Å². The monoisotopic (exact) mass is 325 g/mol. The number of fused-ring (bicyclic) bond motifs is 1. The van der Waals surface area contributed by atoms with Gasteiger partial charge in [0.2, 0.25) is 0 Å². The van der Waals surface area contributed by atoms with Crippen LogP contribution in [0.4, 0.5) is 9.52 Å². The van der Waals surface area contributed by atoms with Crippen molar-refractivity contribution < 1.29 is 9.18 Å². The van der Waals surface area contributed by atoms with E-state index in [4.69, 9.17) is 17.3 Å². The van der Waals surface area contributed by atoms with E-state index in [1.165, 1.54) is 29.5 Å². The molecular formula is C14H13ClFN3OS. The number of carbonyl (C=O) groups is 1. The van der Waals surface area contributed by atoms with Crippen molar-refractivity contribution in [1.29, 1.82) is 0 Å². The number of benzene rings is 1. The number of nitrogens with two attached hydrogens (primary N) is 1. The molecule has 21 heavy (non-hydrogen) atoms. The van der Waals surface area contributed by atoms with Crippen molar-refractivity contribution in [1.82, 2.24) is 4.98 Å². The van der Waals surface area contributed by atoms with Gasteiger partial charge >= 0.3 is 0 Å². The minimum Gasteiger partial charge on any atom is -0.327 e. The van der Waals surface area contributed by atoms with Gasteiger partial charge in [0.05, 0.1) is 10.7 Å². The number of hydrogen-bond acceptors (Lipinski definition) is 4. The summed E-state index contributed by atoms with van der Waals surface area (Å²) < 4.78 is 13.1. The van der Waals surface area contributed by atoms with E-state index in [9.17, 15) is 9.18 Å². The molecular weight excluding hydrogens is 313 g/mol. The fourth-order valence-corrected chi connectivity index (χ4v) is 3.54. The lowest BCUT2D eigenvalue weighted by molar-refractivity contribution is 0.102. The Morgan fingerprint density at radius 1 is 1.52 bits per heavy atom. The third-order valence-corrected chi connectivity index (χ3v) is 4.71. The Kier molecular flexibility index (Phi) is 3.93. The first-order chi connectivity index (χ1) is 10.0. The van der Waals surface area contributed by atoms with Crippen LogP contribution in [0.25, 0.3) is 0 Å². The summed E-state index contributed by atoms with van der Waals surface area (Å²) in [6, 6.07) is 4.02. The summed E-state index contributed by atoms with van der Waals surface area (Å²) in [4.78, 5) is 17.6. The van der Waals surface area contributed by atoms with Crippen LogP contribution in [0.5, 0.6) is 0 Å². The fourth-order valence-electron chi connectivity index (χ4n) is 2.26. The number of aromatic nitrogens is 1. The molecule has 0 saturated heterocycles. The SMILES string of the molecule is N[C@H]1CCc2nc(NC(=O)c3ccc(F)c(Cl)c3)sc2C1. The number of amides is 1. The average Bonchev–Trinajstić information content (AvgIpc) is 2.83. The van der Waals surface area contributed by atoms with Crippen molar-refractivity contribution in [2.45, 2.75) is 25.3 Å². The van der Waals surface area contributed by atoms with Gasteiger partial charge in [-0.25, -0.2) is 9.37 Å². The average molecular weight is 326 g/mol. The van der Waals surface area contributed by atoms with E-state index >= 15 is 0 Å². The van der Waals surface area contributed by atoms with Crippen molar-refractivity contribution in [3.05, 3.63) is 45.2 Å². The molecule has 1 aromatic heterocycles. The Bertz CT molecular complexity index is 704. The zero-order valence-corrected chi connectivity index (χ0v) is 12.6. The van der Waals surface area contributed by atoms with E-state index in [2.05, 4.69) is 10.3 Å². The molecule has 3 rings (SSSR count). The Morgan fingerprint density at radius 2 is 2.33 bits per heavy atom. The maximum atomic E-state index is 13.1. The van der Waals surface area contributed by atoms with E-state index in [1.807, 2.05) is 0 Å². The Morgan fingerprint density at radius 3 is 3.10 bits per heavy atom. The lowest BCUT2D eigenvalue weighted by Crippen LogP contribution is -2.27. The molecule has 0 fully saturated rings. The molecule has 4 nitrogen and oxygen atoms in total. The van der Waals surface area contributed by atoms with Gasteiger partial charge in [-0.15, -0.1) is 11.3 Å². The van der Waals surface area contributed by atoms with Crippen molar-refractivity contribution in [2.24, 2.45) is 5.73 Å². The molecule has 2 aromatic rings. The quantitative estimate of drug-likeness (QED) is 0.892. The Labute approximate surface area is 130 Å². The summed E-state index contributed by atoms with van der Waals surface area (Å²) >= 11 is 7.12. The lowest BCUT2D eigenvalue weighted by atomic mass is 9.99. The van der Waals surface area contributed by atoms with E-state index in [0.29, 0.717) is 10.7 Å². The second-order valence-corrected chi connectivity index (χ2v) is 6.47. The number of nitrogens with zero attached hydrogens (tertiary/aromatic N) is 1. The third kappa shape index (κ3) is 3.07. The zero-order valence-electron chi connectivity index (χ0n) is 11.0. The van der Waals surface area contributed by atoms with Crippen LogP contribution in [0.2, 0.25) is 5.02 Å². The van der Waals surface area contributed by atoms with Crippen molar-refractivity contribution in [2.75, 3.05) is 5.32 Å². The van der Waals surface area contributed by atoms with E-state index in [0.717, 1.165) is 29.8 Å². The van der Waals surface area contributed by atoms with Crippen molar-refractivity contribution >= 4 is 34.0 Å². The van der Waals surface area contributed by atoms with Crippen LogP contribution in [0.1, 0.15) is 27.3 Å². The molecule has 0 unspecified atom stereocenters. The van der Waals surface area contributed by atoms with E-state index in [1.54, 1.807) is 0 Å². The zero-order chi connectivity index (χ0) is 15.0. The van der Waals surface area contributed by atoms with Crippen LogP contribution in [0, 0.1) is 5.82 Å². The largest absolute Gasteiger partial charge is 0.327 e. The molecule has 0 bridgehead atoms. The molecule has 1 heterocycles. The number of nitrogens with one attached hydrogen (secondary N) is 1. The van der Waals surface area contributed by atoms with Gasteiger partial charge in [-0.1, -0.05) is 11.6 Å². The predicted octanol–water partition coefficient (Wildman–Crippen LogP) is 3.00. The fraction of sp³-hybridized carbons (Fsp3) is 0.286. The highest BCUT2D eigenvalue weighted by atomic mass is 35.5. The van der Waals surface area contributed by atoms with Gasteiger partial charge in [-0.2, -0.15) is 0 Å². The molecule has 1 aromatic carbocycles. The van der Waals surface area contributed by atoms with Gasteiger partial charge in [0.15, 0.2) is 5.13 Å². The molecule has 110 valence electrons. The summed E-state index contributed by atoms with van der Waals surface area (Å²) in [5, 5.41) is 3.19. The van der Waals surface area contributed by atoms with Gasteiger partial charge in [0.25, 0.3) is 5.91 Å². The third-order valence-electron chi connectivity index (χ3n) is 3.38. The van der Waals surface area contributed by atoms with Gasteiger partial charge in [0, 0.05) is 16.5 Å². The Hall–Kier alpha value is -1.50. The second-order valence-electron chi connectivity index (χ2n) is 4.97. The van der Waals surface area contributed by atoms with Crippen molar-refractivity contribution in [3.63, 3.8) is 0 Å². The normalized spacial score (nSPS) is 17.4. The molecule has 0 saturated carbocycles. The highest BCUT2D eigenvalue weighted by molar-refractivity contribution is 7.15. The van der Waals surface area contributed by atoms with E-state index < -0.39 is 5.82 Å². The van der Waals surface area contributed by atoms with Crippen LogP contribution in [0.3, 0.4) is 0 Å². The maximum Gasteiger partial charge on any atom is 0.257 e. The molecule has 0 spiro atoms. The molecule has 1 aliphatic rings. The minimum atomic E-state index is -0.549. The first-order valence-corrected chi connectivity index (χ1v) is 7.73. The molecule has 1 aliphatic carbocycles. The first kappa shape index (κ1) is 14.4. The van der Waals surface area contributed by atoms with E-state index in [-0.39, 0.29) is 17.0 Å². The van der Waals surface area contributed by atoms with Gasteiger partial charge in [-0.3, -0.25) is 10.1 Å². The molecule has 7 heteroatoms. The number of anilines is 1. The summed E-state index contributed by atoms with van der Waals surface area (Å²) in [6.45, 7) is 0. The summed E-state index contributed by atoms with van der Waals surface area (Å²) in [5.74, 6) is -0.904. The molecule has 0 radical (unpaired) electrons. The molecule has 3 N–H and O–H groups in total. The summed E-state index contributed by atoms with van der Waals surface area (Å²) in [5.41, 5.74) is 7.23. The number of carbonyl (C=O) groups excluding carboxylic acids is 1. The molecule has 0 aliphatic heterocycles. The van der Waals surface area contributed by atoms with Gasteiger partial charge < -0.3 is 5.73 Å². The van der Waals surface area contributed by atoms with Crippen LogP contribution >= 0.6 is 22.9 Å². The van der Waals surface area contributed by atoms with Crippen molar-refractivity contribution in [3.8, 4) is 0 Å². The predicted molar refractivity (Wildman–Crippen MR) is 81.5 cm³/mol. The lowest BCUT2D eigenvalue weighted by Gasteiger charge is -2.15. The number of halogens is 2. The number of thiazole rings is 1. The molecule has 1 atom stereocenters. The van der Waals surface area contributed by atoms with Crippen LogP contribution in [0.15, 0.2) is 18.2 Å². The highest BCUT2D eigenvalue weighted by Crippen LogP contribution is 2.29.